The van der Waals surface area contributed by atoms with Gasteiger partial charge in [-0.05, 0) is 0 Å². The van der Waals surface area contributed by atoms with Gasteiger partial charge in [0.25, 0.3) is 0 Å². The Kier molecular flexibility index (Phi) is 5.21. The van der Waals surface area contributed by atoms with Gasteiger partial charge in [-0.15, -0.1) is 0 Å². The number of anilines is 1. The summed E-state index contributed by atoms with van der Waals surface area (Å²) in [5.74, 6) is 0.267. The number of hydrogen-bond donors (Lipinski definition) is 1. The van der Waals surface area contributed by atoms with Gasteiger partial charge in [-0.25, -0.2) is 9.97 Å². The largest absolute Gasteiger partial charge is 0.468 e. The smallest absolute Gasteiger partial charge is 0.325 e. The molecule has 1 aromatic heterocycles. The summed E-state index contributed by atoms with van der Waals surface area (Å²) in [6.45, 7) is 0.699. The summed E-state index contributed by atoms with van der Waals surface area (Å²) in [5, 5.41) is 2.85. The Hall–Kier alpha value is -1.69. The molecule has 0 aliphatic carbocycles. The minimum absolute atomic E-state index is 0.0945. The van der Waals surface area contributed by atoms with Gasteiger partial charge in [0.1, 0.15) is 18.7 Å². The molecule has 0 spiro atoms. The highest BCUT2D eigenvalue weighted by Crippen LogP contribution is 2.04. The zero-order valence-electron chi connectivity index (χ0n) is 9.40. The number of methoxy groups -OCH3 is 2. The van der Waals surface area contributed by atoms with Gasteiger partial charge in [0, 0.05) is 25.3 Å². The van der Waals surface area contributed by atoms with Crippen molar-refractivity contribution in [2.45, 2.75) is 6.42 Å². The molecule has 0 aromatic carbocycles. The van der Waals surface area contributed by atoms with Crippen LogP contribution in [-0.2, 0) is 20.7 Å². The molecule has 1 aromatic rings. The molecule has 88 valence electrons. The second-order valence-electron chi connectivity index (χ2n) is 3.07. The Morgan fingerprint density at radius 1 is 1.44 bits per heavy atom. The first-order valence-corrected chi connectivity index (χ1v) is 4.87. The summed E-state index contributed by atoms with van der Waals surface area (Å²) < 4.78 is 9.45. The highest BCUT2D eigenvalue weighted by atomic mass is 16.5. The van der Waals surface area contributed by atoms with E-state index in [9.17, 15) is 4.79 Å². The fourth-order valence-corrected chi connectivity index (χ4v) is 1.07. The maximum absolute atomic E-state index is 10.9. The van der Waals surface area contributed by atoms with E-state index in [0.717, 1.165) is 5.69 Å². The maximum Gasteiger partial charge on any atom is 0.325 e. The molecule has 0 radical (unpaired) electrons. The van der Waals surface area contributed by atoms with Gasteiger partial charge in [0.15, 0.2) is 0 Å². The third-order valence-corrected chi connectivity index (χ3v) is 1.93. The SMILES string of the molecule is COCCc1cc(NCC(=O)OC)ncn1. The van der Waals surface area contributed by atoms with Crippen LogP contribution in [0.25, 0.3) is 0 Å². The van der Waals surface area contributed by atoms with Crippen LogP contribution in [-0.4, -0.2) is 43.3 Å². The lowest BCUT2D eigenvalue weighted by molar-refractivity contribution is -0.138. The zero-order chi connectivity index (χ0) is 11.8. The molecule has 6 heteroatoms. The van der Waals surface area contributed by atoms with Crippen LogP contribution < -0.4 is 5.32 Å². The molecule has 0 unspecified atom stereocenters. The number of nitrogens with zero attached hydrogens (tertiary/aromatic N) is 2. The van der Waals surface area contributed by atoms with E-state index in [1.807, 2.05) is 0 Å². The number of esters is 1. The van der Waals surface area contributed by atoms with Gasteiger partial charge >= 0.3 is 5.97 Å². The number of rotatable bonds is 6. The number of aromatic nitrogens is 2. The Labute approximate surface area is 94.0 Å². The number of carbonyl (C=O) groups is 1. The average molecular weight is 225 g/mol. The summed E-state index contributed by atoms with van der Waals surface area (Å²) in [7, 11) is 2.98. The number of hydrogen-bond acceptors (Lipinski definition) is 6. The minimum atomic E-state index is -0.336. The van der Waals surface area contributed by atoms with Crippen molar-refractivity contribution in [1.29, 1.82) is 0 Å². The van der Waals surface area contributed by atoms with Crippen LogP contribution in [0.3, 0.4) is 0 Å². The fraction of sp³-hybridized carbons (Fsp3) is 0.500. The lowest BCUT2D eigenvalue weighted by atomic mass is 10.3. The Bertz CT molecular complexity index is 344. The van der Waals surface area contributed by atoms with E-state index in [-0.39, 0.29) is 12.5 Å². The van der Waals surface area contributed by atoms with Gasteiger partial charge in [-0.2, -0.15) is 0 Å². The van der Waals surface area contributed by atoms with Crippen molar-refractivity contribution in [3.8, 4) is 0 Å². The minimum Gasteiger partial charge on any atom is -0.468 e. The van der Waals surface area contributed by atoms with E-state index < -0.39 is 0 Å². The van der Waals surface area contributed by atoms with Crippen molar-refractivity contribution >= 4 is 11.8 Å². The van der Waals surface area contributed by atoms with E-state index in [2.05, 4.69) is 20.0 Å². The molecule has 1 heterocycles. The Morgan fingerprint density at radius 3 is 2.94 bits per heavy atom. The van der Waals surface area contributed by atoms with Gasteiger partial charge in [0.05, 0.1) is 13.7 Å². The van der Waals surface area contributed by atoms with Crippen LogP contribution in [0.1, 0.15) is 5.69 Å². The van der Waals surface area contributed by atoms with E-state index >= 15 is 0 Å². The Balaban J connectivity index is 2.50. The van der Waals surface area contributed by atoms with Crippen LogP contribution in [0.4, 0.5) is 5.82 Å². The number of nitrogens with one attached hydrogen (secondary N) is 1. The van der Waals surface area contributed by atoms with E-state index in [0.29, 0.717) is 18.8 Å². The molecular formula is C10H15N3O3. The summed E-state index contributed by atoms with van der Waals surface area (Å²) in [5.41, 5.74) is 0.865. The fourth-order valence-electron chi connectivity index (χ4n) is 1.07. The molecule has 0 saturated heterocycles. The van der Waals surface area contributed by atoms with Gasteiger partial charge in [-0.1, -0.05) is 0 Å². The molecule has 1 N–H and O–H groups in total. The molecule has 0 aliphatic rings. The van der Waals surface area contributed by atoms with Gasteiger partial charge in [0.2, 0.25) is 0 Å². The van der Waals surface area contributed by atoms with Crippen LogP contribution in [0.15, 0.2) is 12.4 Å². The van der Waals surface area contributed by atoms with Gasteiger partial charge < -0.3 is 14.8 Å². The summed E-state index contributed by atoms with van der Waals surface area (Å²) in [6, 6.07) is 1.78. The number of ether oxygens (including phenoxy) is 2. The quantitative estimate of drug-likeness (QED) is 0.700. The molecule has 0 aliphatic heterocycles. The Morgan fingerprint density at radius 2 is 2.25 bits per heavy atom. The van der Waals surface area contributed by atoms with Crippen molar-refractivity contribution in [2.75, 3.05) is 32.7 Å². The first kappa shape index (κ1) is 12.4. The second kappa shape index (κ2) is 6.73. The molecule has 16 heavy (non-hydrogen) atoms. The third kappa shape index (κ3) is 4.22. The summed E-state index contributed by atoms with van der Waals surface area (Å²) in [4.78, 5) is 19.0. The number of carbonyl (C=O) groups excluding carboxylic acids is 1. The molecule has 0 atom stereocenters. The monoisotopic (exact) mass is 225 g/mol. The van der Waals surface area contributed by atoms with Crippen LogP contribution in [0, 0.1) is 0 Å². The predicted molar refractivity (Wildman–Crippen MR) is 58.1 cm³/mol. The normalized spacial score (nSPS) is 9.88. The van der Waals surface area contributed by atoms with Crippen LogP contribution in [0.2, 0.25) is 0 Å². The first-order valence-electron chi connectivity index (χ1n) is 4.87. The standard InChI is InChI=1S/C10H15N3O3/c1-15-4-3-8-5-9(13-7-12-8)11-6-10(14)16-2/h5,7H,3-4,6H2,1-2H3,(H,11,12,13). The lowest BCUT2D eigenvalue weighted by Gasteiger charge is -2.05. The van der Waals surface area contributed by atoms with Crippen LogP contribution in [0.5, 0.6) is 0 Å². The molecule has 6 nitrogen and oxygen atoms in total. The highest BCUT2D eigenvalue weighted by molar-refractivity contribution is 5.74. The van der Waals surface area contributed by atoms with E-state index in [4.69, 9.17) is 4.74 Å². The van der Waals surface area contributed by atoms with Crippen molar-refractivity contribution in [1.82, 2.24) is 9.97 Å². The highest BCUT2D eigenvalue weighted by Gasteiger charge is 2.02. The first-order chi connectivity index (χ1) is 7.76. The van der Waals surface area contributed by atoms with Gasteiger partial charge in [-0.3, -0.25) is 4.79 Å². The van der Waals surface area contributed by atoms with Crippen LogP contribution >= 0.6 is 0 Å². The zero-order valence-corrected chi connectivity index (χ0v) is 9.40. The predicted octanol–water partition coefficient (Wildman–Crippen LogP) is 0.250. The molecule has 1 rings (SSSR count). The third-order valence-electron chi connectivity index (χ3n) is 1.93. The molecule has 0 bridgehead atoms. The van der Waals surface area contributed by atoms with Crippen molar-refractivity contribution in [3.63, 3.8) is 0 Å². The molecule has 0 saturated carbocycles. The summed E-state index contributed by atoms with van der Waals surface area (Å²) in [6.07, 6.45) is 2.16. The van der Waals surface area contributed by atoms with Crippen molar-refractivity contribution in [3.05, 3.63) is 18.1 Å². The molecule has 0 amide bonds. The topological polar surface area (TPSA) is 73.3 Å². The summed E-state index contributed by atoms with van der Waals surface area (Å²) >= 11 is 0. The maximum atomic E-state index is 10.9. The van der Waals surface area contributed by atoms with Crippen molar-refractivity contribution < 1.29 is 14.3 Å². The molecular weight excluding hydrogens is 210 g/mol. The second-order valence-corrected chi connectivity index (χ2v) is 3.07. The lowest BCUT2D eigenvalue weighted by Crippen LogP contribution is -2.16. The van der Waals surface area contributed by atoms with E-state index in [1.165, 1.54) is 13.4 Å². The van der Waals surface area contributed by atoms with Crippen molar-refractivity contribution in [2.24, 2.45) is 0 Å². The average Bonchev–Trinajstić information content (AvgIpc) is 2.34. The molecule has 0 fully saturated rings. The van der Waals surface area contributed by atoms with E-state index in [1.54, 1.807) is 13.2 Å².